The van der Waals surface area contributed by atoms with E-state index in [1.54, 1.807) is 0 Å². The molecule has 0 atom stereocenters. The highest BCUT2D eigenvalue weighted by Gasteiger charge is 2.26. The molecule has 1 saturated heterocycles. The normalized spacial score (nSPS) is 20.5. The number of rotatable bonds is 2. The van der Waals surface area contributed by atoms with E-state index in [4.69, 9.17) is 9.47 Å². The zero-order valence-electron chi connectivity index (χ0n) is 10.1. The van der Waals surface area contributed by atoms with E-state index >= 15 is 0 Å². The molecule has 2 rings (SSSR count). The van der Waals surface area contributed by atoms with Crippen molar-refractivity contribution < 1.29 is 19.4 Å². The summed E-state index contributed by atoms with van der Waals surface area (Å²) in [5.74, 6) is -0.954. The zero-order valence-corrected chi connectivity index (χ0v) is 10.1. The molecule has 0 spiro atoms. The lowest BCUT2D eigenvalue weighted by molar-refractivity contribution is -0.140. The minimum atomic E-state index is -0.553. The van der Waals surface area contributed by atoms with Crippen LogP contribution in [0.5, 0.6) is 0 Å². The number of cyclic esters (lactones) is 1. The van der Waals surface area contributed by atoms with E-state index in [0.29, 0.717) is 13.0 Å². The summed E-state index contributed by atoms with van der Waals surface area (Å²) in [6.45, 7) is 0.317. The van der Waals surface area contributed by atoms with E-state index in [2.05, 4.69) is 0 Å². The predicted octanol–water partition coefficient (Wildman–Crippen LogP) is 2.43. The van der Waals surface area contributed by atoms with Crippen LogP contribution in [0.25, 0.3) is 6.08 Å². The van der Waals surface area contributed by atoms with E-state index in [-0.39, 0.29) is 5.57 Å². The van der Waals surface area contributed by atoms with Crippen LogP contribution in [0.2, 0.25) is 0 Å². The molecular formula is C14H14O4. The third-order valence-corrected chi connectivity index (χ3v) is 2.68. The lowest BCUT2D eigenvalue weighted by atomic mass is 9.99. The monoisotopic (exact) mass is 246 g/mol. The van der Waals surface area contributed by atoms with Crippen molar-refractivity contribution in [3.63, 3.8) is 0 Å². The maximum atomic E-state index is 11.6. The number of benzene rings is 1. The molecule has 0 aromatic heterocycles. The number of aliphatic hydroxyl groups is 1. The summed E-state index contributed by atoms with van der Waals surface area (Å²) in [5, 5.41) is 9.62. The Morgan fingerprint density at radius 1 is 1.39 bits per heavy atom. The number of methoxy groups -OCH3 is 1. The fourth-order valence-corrected chi connectivity index (χ4v) is 1.80. The molecular weight excluding hydrogens is 232 g/mol. The number of esters is 1. The number of hydrogen-bond donors (Lipinski definition) is 1. The van der Waals surface area contributed by atoms with Crippen molar-refractivity contribution in [3.05, 3.63) is 53.0 Å². The van der Waals surface area contributed by atoms with Crippen molar-refractivity contribution in [1.82, 2.24) is 0 Å². The highest BCUT2D eigenvalue weighted by atomic mass is 16.6. The molecule has 4 heteroatoms. The Hall–Kier alpha value is -2.23. The zero-order chi connectivity index (χ0) is 13.0. The summed E-state index contributed by atoms with van der Waals surface area (Å²) in [7, 11) is 1.31. The molecule has 0 amide bonds. The Labute approximate surface area is 105 Å². The average Bonchev–Trinajstić information content (AvgIpc) is 2.39. The Morgan fingerprint density at radius 2 is 2.11 bits per heavy atom. The second-order valence-electron chi connectivity index (χ2n) is 3.85. The summed E-state index contributed by atoms with van der Waals surface area (Å²) in [6.07, 6.45) is 2.41. The van der Waals surface area contributed by atoms with Crippen LogP contribution in [0.1, 0.15) is 12.0 Å². The summed E-state index contributed by atoms with van der Waals surface area (Å²) in [5.41, 5.74) is 1.79. The van der Waals surface area contributed by atoms with Gasteiger partial charge in [0.15, 0.2) is 0 Å². The molecule has 1 N–H and O–H groups in total. The Kier molecular flexibility index (Phi) is 3.67. The molecule has 1 aliphatic rings. The Morgan fingerprint density at radius 3 is 2.78 bits per heavy atom. The van der Waals surface area contributed by atoms with Crippen LogP contribution in [-0.2, 0) is 14.3 Å². The molecule has 1 aromatic rings. The van der Waals surface area contributed by atoms with Gasteiger partial charge in [0.05, 0.1) is 13.7 Å². The van der Waals surface area contributed by atoms with E-state index in [0.717, 1.165) is 11.1 Å². The fourth-order valence-electron chi connectivity index (χ4n) is 1.80. The number of ether oxygens (including phenoxy) is 2. The first-order chi connectivity index (χ1) is 8.72. The molecule has 0 bridgehead atoms. The maximum Gasteiger partial charge on any atom is 0.345 e. The van der Waals surface area contributed by atoms with Crippen molar-refractivity contribution in [1.29, 1.82) is 0 Å². The minimum absolute atomic E-state index is 0.104. The van der Waals surface area contributed by atoms with Crippen LogP contribution in [0, 0.1) is 0 Å². The van der Waals surface area contributed by atoms with Gasteiger partial charge in [0.25, 0.3) is 5.95 Å². The van der Waals surface area contributed by atoms with E-state index in [1.807, 2.05) is 36.4 Å². The summed E-state index contributed by atoms with van der Waals surface area (Å²) in [4.78, 5) is 11.6. The molecule has 1 aromatic carbocycles. The third kappa shape index (κ3) is 2.53. The van der Waals surface area contributed by atoms with Crippen LogP contribution >= 0.6 is 0 Å². The minimum Gasteiger partial charge on any atom is -0.480 e. The van der Waals surface area contributed by atoms with Gasteiger partial charge in [0, 0.05) is 6.42 Å². The molecule has 0 unspecified atom stereocenters. The van der Waals surface area contributed by atoms with E-state index in [9.17, 15) is 9.90 Å². The van der Waals surface area contributed by atoms with Gasteiger partial charge < -0.3 is 14.6 Å². The lowest BCUT2D eigenvalue weighted by Gasteiger charge is -2.18. The Balaban J connectivity index is 2.41. The molecule has 1 heterocycles. The van der Waals surface area contributed by atoms with E-state index < -0.39 is 11.9 Å². The molecule has 0 radical (unpaired) electrons. The molecule has 4 nitrogen and oxygen atoms in total. The summed E-state index contributed by atoms with van der Waals surface area (Å²) >= 11 is 0. The molecule has 18 heavy (non-hydrogen) atoms. The van der Waals surface area contributed by atoms with Gasteiger partial charge in [-0.25, -0.2) is 4.79 Å². The smallest absolute Gasteiger partial charge is 0.345 e. The van der Waals surface area contributed by atoms with Gasteiger partial charge in [-0.3, -0.25) is 0 Å². The summed E-state index contributed by atoms with van der Waals surface area (Å²) < 4.78 is 9.63. The number of hydrogen-bond acceptors (Lipinski definition) is 4. The van der Waals surface area contributed by atoms with Crippen LogP contribution in [0.4, 0.5) is 0 Å². The van der Waals surface area contributed by atoms with Gasteiger partial charge in [-0.2, -0.15) is 0 Å². The first-order valence-electron chi connectivity index (χ1n) is 5.62. The van der Waals surface area contributed by atoms with Crippen LogP contribution < -0.4 is 0 Å². The van der Waals surface area contributed by atoms with Gasteiger partial charge in [-0.1, -0.05) is 36.4 Å². The number of carbonyl (C=O) groups excluding carboxylic acids is 1. The molecule has 0 saturated carbocycles. The standard InChI is InChI=1S/C14H14O4/c1-17-13(15)12-11(7-8-18-14(12)16)9-10-5-3-2-4-6-10/h2-6,9,15H,7-8H2,1H3/b11-9?,13-12-. The summed E-state index contributed by atoms with van der Waals surface area (Å²) in [6, 6.07) is 9.59. The van der Waals surface area contributed by atoms with Crippen molar-refractivity contribution in [2.75, 3.05) is 13.7 Å². The Bertz CT molecular complexity index is 500. The number of aliphatic hydroxyl groups excluding tert-OH is 1. The molecule has 0 aliphatic carbocycles. The maximum absolute atomic E-state index is 11.6. The second-order valence-corrected chi connectivity index (χ2v) is 3.85. The lowest BCUT2D eigenvalue weighted by Crippen LogP contribution is -2.20. The van der Waals surface area contributed by atoms with Crippen molar-refractivity contribution >= 4 is 12.0 Å². The second kappa shape index (κ2) is 5.40. The third-order valence-electron chi connectivity index (χ3n) is 2.68. The SMILES string of the molecule is CO/C(O)=C1\C(=O)OCCC1=Cc1ccccc1. The topological polar surface area (TPSA) is 55.8 Å². The predicted molar refractivity (Wildman–Crippen MR) is 66.7 cm³/mol. The first kappa shape index (κ1) is 12.2. The fraction of sp³-hybridized carbons (Fsp3) is 0.214. The quantitative estimate of drug-likeness (QED) is 0.494. The van der Waals surface area contributed by atoms with Crippen molar-refractivity contribution in [2.24, 2.45) is 0 Å². The van der Waals surface area contributed by atoms with Gasteiger partial charge in [-0.05, 0) is 11.1 Å². The molecule has 1 aliphatic heterocycles. The molecule has 94 valence electrons. The van der Waals surface area contributed by atoms with Crippen LogP contribution in [-0.4, -0.2) is 24.8 Å². The highest BCUT2D eigenvalue weighted by Crippen LogP contribution is 2.26. The average molecular weight is 246 g/mol. The number of carbonyl (C=O) groups is 1. The van der Waals surface area contributed by atoms with Crippen LogP contribution in [0.3, 0.4) is 0 Å². The van der Waals surface area contributed by atoms with Gasteiger partial charge >= 0.3 is 5.97 Å². The van der Waals surface area contributed by atoms with E-state index in [1.165, 1.54) is 7.11 Å². The largest absolute Gasteiger partial charge is 0.480 e. The van der Waals surface area contributed by atoms with Crippen LogP contribution in [0.15, 0.2) is 47.4 Å². The first-order valence-corrected chi connectivity index (χ1v) is 5.62. The van der Waals surface area contributed by atoms with Gasteiger partial charge in [0.2, 0.25) is 0 Å². The van der Waals surface area contributed by atoms with Gasteiger partial charge in [0.1, 0.15) is 5.57 Å². The highest BCUT2D eigenvalue weighted by molar-refractivity contribution is 5.96. The van der Waals surface area contributed by atoms with Crippen molar-refractivity contribution in [3.8, 4) is 0 Å². The van der Waals surface area contributed by atoms with Gasteiger partial charge in [-0.15, -0.1) is 0 Å². The molecule has 1 fully saturated rings. The van der Waals surface area contributed by atoms with Crippen molar-refractivity contribution in [2.45, 2.75) is 6.42 Å².